The maximum Gasteiger partial charge on any atom is 0.178 e. The van der Waals surface area contributed by atoms with E-state index in [1.807, 2.05) is 0 Å². The molecule has 8 heteroatoms. The highest BCUT2D eigenvalue weighted by Gasteiger charge is 2.20. The molecular weight excluding hydrogens is 393 g/mol. The molecule has 0 radical (unpaired) electrons. The highest BCUT2D eigenvalue weighted by Crippen LogP contribution is 2.32. The molecule has 1 aliphatic rings. The van der Waals surface area contributed by atoms with Crippen molar-refractivity contribution >= 4 is 70.6 Å². The molecule has 1 aliphatic heterocycles. The van der Waals surface area contributed by atoms with Crippen LogP contribution in [-0.2, 0) is 9.47 Å². The van der Waals surface area contributed by atoms with Crippen LogP contribution in [0.3, 0.4) is 0 Å². The number of thioether (sulfide) groups is 6. The molecule has 2 nitrogen and oxygen atoms in total. The highest BCUT2D eigenvalue weighted by atomic mass is 32.2. The van der Waals surface area contributed by atoms with Crippen molar-refractivity contribution in [2.24, 2.45) is 0 Å². The average Bonchev–Trinajstić information content (AvgIpc) is 2.54. The van der Waals surface area contributed by atoms with Crippen LogP contribution in [0.4, 0.5) is 0 Å². The first-order chi connectivity index (χ1) is 10.9. The number of ether oxygens (including phenoxy) is 2. The van der Waals surface area contributed by atoms with Crippen LogP contribution in [0.2, 0.25) is 0 Å². The van der Waals surface area contributed by atoms with Crippen LogP contribution in [0.5, 0.6) is 0 Å². The Labute approximate surface area is 158 Å². The van der Waals surface area contributed by atoms with E-state index in [0.717, 1.165) is 0 Å². The van der Waals surface area contributed by atoms with Crippen LogP contribution in [0.1, 0.15) is 0 Å². The standard InChI is InChI=1S/C14H18O2S6/c1-15-13(16-2)14-21-11-9-19-7-5-17-3-4-18-6-8-20-10-12-22-14/h3-14H,1-2H3/b4-3-,7-5-,8-6-,11-9-,12-10-. The van der Waals surface area contributed by atoms with Gasteiger partial charge in [0.05, 0.1) is 0 Å². The fourth-order valence-corrected chi connectivity index (χ4v) is 5.72. The van der Waals surface area contributed by atoms with Gasteiger partial charge in [0.15, 0.2) is 6.29 Å². The molecule has 0 saturated heterocycles. The van der Waals surface area contributed by atoms with Gasteiger partial charge < -0.3 is 9.47 Å². The molecule has 0 aliphatic carbocycles. The van der Waals surface area contributed by atoms with Crippen molar-refractivity contribution in [2.45, 2.75) is 10.9 Å². The Morgan fingerprint density at radius 2 is 0.909 bits per heavy atom. The summed E-state index contributed by atoms with van der Waals surface area (Å²) in [4.78, 5) is 0. The molecule has 22 heavy (non-hydrogen) atoms. The molecule has 1 heterocycles. The largest absolute Gasteiger partial charge is 0.354 e. The molecule has 0 N–H and O–H groups in total. The van der Waals surface area contributed by atoms with Crippen molar-refractivity contribution in [1.82, 2.24) is 0 Å². The summed E-state index contributed by atoms with van der Waals surface area (Å²) in [6.07, 6.45) is -0.247. The fraction of sp³-hybridized carbons (Fsp3) is 0.286. The summed E-state index contributed by atoms with van der Waals surface area (Å²) in [7, 11) is 3.34. The fourth-order valence-electron chi connectivity index (χ4n) is 1.14. The van der Waals surface area contributed by atoms with E-state index in [0.29, 0.717) is 0 Å². The third kappa shape index (κ3) is 10.5. The van der Waals surface area contributed by atoms with Crippen molar-refractivity contribution in [2.75, 3.05) is 14.2 Å². The number of rotatable bonds is 3. The Bertz CT molecular complexity index is 384. The lowest BCUT2D eigenvalue weighted by atomic mass is 10.7. The molecule has 0 aromatic heterocycles. The molecule has 0 spiro atoms. The number of hydrogen-bond donors (Lipinski definition) is 0. The second kappa shape index (κ2) is 15.3. The first-order valence-corrected chi connectivity index (χ1v) is 11.8. The smallest absolute Gasteiger partial charge is 0.178 e. The predicted octanol–water partition coefficient (Wildman–Crippen LogP) is 6.70. The Kier molecular flexibility index (Phi) is 14.4. The first kappa shape index (κ1) is 20.8. The van der Waals surface area contributed by atoms with Crippen LogP contribution < -0.4 is 0 Å². The van der Waals surface area contributed by atoms with E-state index in [1.54, 1.807) is 84.8 Å². The van der Waals surface area contributed by atoms with Crippen molar-refractivity contribution in [1.29, 1.82) is 0 Å². The zero-order valence-corrected chi connectivity index (χ0v) is 17.1. The van der Waals surface area contributed by atoms with Crippen LogP contribution in [0.15, 0.2) is 54.1 Å². The quantitative estimate of drug-likeness (QED) is 0.472. The summed E-state index contributed by atoms with van der Waals surface area (Å²) in [6, 6.07) is 0. The lowest BCUT2D eigenvalue weighted by Gasteiger charge is -2.21. The Hall–Kier alpha value is 0.720. The van der Waals surface area contributed by atoms with Crippen molar-refractivity contribution in [3.8, 4) is 0 Å². The van der Waals surface area contributed by atoms with E-state index in [4.69, 9.17) is 9.47 Å². The molecule has 1 rings (SSSR count). The maximum atomic E-state index is 5.37. The van der Waals surface area contributed by atoms with Crippen LogP contribution in [-0.4, -0.2) is 25.1 Å². The summed E-state index contributed by atoms with van der Waals surface area (Å²) < 4.78 is 10.9. The van der Waals surface area contributed by atoms with Gasteiger partial charge in [-0.3, -0.25) is 0 Å². The SMILES string of the molecule is COC(OC)C1S/C=C\S/C=C\S/C=C\S/C=C\S/C=C\S1. The van der Waals surface area contributed by atoms with Crippen molar-refractivity contribution in [3.05, 3.63) is 54.1 Å². The molecule has 0 atom stereocenters. The Balaban J connectivity index is 2.64. The Morgan fingerprint density at radius 1 is 0.591 bits per heavy atom. The van der Waals surface area contributed by atoms with Crippen LogP contribution in [0.25, 0.3) is 0 Å². The van der Waals surface area contributed by atoms with E-state index in [-0.39, 0.29) is 10.9 Å². The normalized spacial score (nSPS) is 26.1. The zero-order valence-electron chi connectivity index (χ0n) is 12.2. The molecule has 122 valence electrons. The molecule has 0 unspecified atom stereocenters. The van der Waals surface area contributed by atoms with Gasteiger partial charge in [0.25, 0.3) is 0 Å². The minimum absolute atomic E-state index is 0.151. The second-order valence-corrected chi connectivity index (χ2v) is 9.05. The molecule has 0 aromatic carbocycles. The lowest BCUT2D eigenvalue weighted by Crippen LogP contribution is -2.23. The molecule has 0 amide bonds. The van der Waals surface area contributed by atoms with Crippen molar-refractivity contribution < 1.29 is 9.47 Å². The Morgan fingerprint density at radius 3 is 1.23 bits per heavy atom. The van der Waals surface area contributed by atoms with Crippen molar-refractivity contribution in [3.63, 3.8) is 0 Å². The molecule has 0 bridgehead atoms. The van der Waals surface area contributed by atoms with Crippen LogP contribution in [0, 0.1) is 0 Å². The molecular formula is C14H18O2S6. The number of hydrogen-bond acceptors (Lipinski definition) is 8. The minimum atomic E-state index is -0.247. The summed E-state index contributed by atoms with van der Waals surface area (Å²) in [5, 5.41) is 20.7. The van der Waals surface area contributed by atoms with E-state index in [1.165, 1.54) is 0 Å². The molecule has 0 saturated carbocycles. The van der Waals surface area contributed by atoms with Gasteiger partial charge in [-0.15, -0.1) is 70.6 Å². The van der Waals surface area contributed by atoms with Gasteiger partial charge in [0.2, 0.25) is 0 Å². The highest BCUT2D eigenvalue weighted by molar-refractivity contribution is 8.20. The van der Waals surface area contributed by atoms with Gasteiger partial charge in [-0.1, -0.05) is 0 Å². The summed E-state index contributed by atoms with van der Waals surface area (Å²) in [5.74, 6) is 0. The monoisotopic (exact) mass is 410 g/mol. The van der Waals surface area contributed by atoms with Gasteiger partial charge in [0.1, 0.15) is 4.58 Å². The van der Waals surface area contributed by atoms with E-state index in [2.05, 4.69) is 54.1 Å². The second-order valence-electron chi connectivity index (χ2n) is 3.39. The minimum Gasteiger partial charge on any atom is -0.354 e. The van der Waals surface area contributed by atoms with E-state index in [9.17, 15) is 0 Å². The molecule has 0 fully saturated rings. The molecule has 0 aromatic rings. The topological polar surface area (TPSA) is 18.5 Å². The number of methoxy groups -OCH3 is 2. The van der Waals surface area contributed by atoms with Gasteiger partial charge in [-0.05, 0) is 54.1 Å². The van der Waals surface area contributed by atoms with Gasteiger partial charge >= 0.3 is 0 Å². The third-order valence-electron chi connectivity index (χ3n) is 2.02. The maximum absolute atomic E-state index is 5.37. The first-order valence-electron chi connectivity index (χ1n) is 6.12. The zero-order chi connectivity index (χ0) is 15.9. The summed E-state index contributed by atoms with van der Waals surface area (Å²) in [5.41, 5.74) is 0. The van der Waals surface area contributed by atoms with E-state index >= 15 is 0 Å². The van der Waals surface area contributed by atoms with Gasteiger partial charge in [-0.25, -0.2) is 0 Å². The lowest BCUT2D eigenvalue weighted by molar-refractivity contribution is -0.0892. The van der Waals surface area contributed by atoms with Gasteiger partial charge in [-0.2, -0.15) is 0 Å². The van der Waals surface area contributed by atoms with Gasteiger partial charge in [0, 0.05) is 14.2 Å². The summed E-state index contributed by atoms with van der Waals surface area (Å²) in [6.45, 7) is 0. The predicted molar refractivity (Wildman–Crippen MR) is 113 cm³/mol. The third-order valence-corrected chi connectivity index (χ3v) is 7.46. The van der Waals surface area contributed by atoms with E-state index < -0.39 is 0 Å². The van der Waals surface area contributed by atoms with Crippen LogP contribution >= 0.6 is 70.6 Å². The summed E-state index contributed by atoms with van der Waals surface area (Å²) >= 11 is 10.0. The average molecular weight is 411 g/mol.